The van der Waals surface area contributed by atoms with Crippen molar-refractivity contribution < 1.29 is 29.5 Å². The monoisotopic (exact) mass is 515 g/mol. The fraction of sp³-hybridized carbons (Fsp3) is 0.346. The van der Waals surface area contributed by atoms with Crippen molar-refractivity contribution in [3.05, 3.63) is 88.6 Å². The van der Waals surface area contributed by atoms with Crippen LogP contribution in [0.15, 0.2) is 71.9 Å². The molecule has 2 aliphatic heterocycles. The number of aliphatic hydroxyl groups excluding tert-OH is 3. The number of ether oxygens (including phenoxy) is 3. The van der Waals surface area contributed by atoms with E-state index in [4.69, 9.17) is 25.8 Å². The second kappa shape index (κ2) is 9.71. The fourth-order valence-electron chi connectivity index (χ4n) is 4.50. The van der Waals surface area contributed by atoms with E-state index in [1.165, 1.54) is 0 Å². The number of halogens is 1. The number of hydrogen-bond acceptors (Lipinski definition) is 8. The normalized spacial score (nSPS) is 29.8. The minimum Gasteiger partial charge on any atom is -0.494 e. The van der Waals surface area contributed by atoms with Crippen LogP contribution in [0.25, 0.3) is 0 Å². The Hall–Kier alpha value is -2.17. The van der Waals surface area contributed by atoms with Crippen LogP contribution in [0.4, 0.5) is 0 Å². The van der Waals surface area contributed by atoms with Crippen molar-refractivity contribution in [2.45, 2.75) is 47.4 Å². The largest absolute Gasteiger partial charge is 0.494 e. The van der Waals surface area contributed by atoms with Crippen LogP contribution in [0.2, 0.25) is 5.02 Å². The van der Waals surface area contributed by atoms with Gasteiger partial charge in [-0.2, -0.15) is 0 Å². The molecule has 0 spiro atoms. The number of benzene rings is 2. The molecule has 5 atom stereocenters. The van der Waals surface area contributed by atoms with E-state index in [0.29, 0.717) is 28.6 Å². The SMILES string of the molecule is CCOc1ccc(Cc2cc([C@]34OC[C@](Sc5ccccn5)(O3)[C@@H](O)[C@H](O)[C@H]4O)ccc2Cl)cc1. The van der Waals surface area contributed by atoms with Crippen LogP contribution in [0.3, 0.4) is 0 Å². The lowest BCUT2D eigenvalue weighted by Crippen LogP contribution is -2.63. The number of fused-ring (bicyclic) bond motifs is 2. The van der Waals surface area contributed by atoms with Crippen molar-refractivity contribution in [2.24, 2.45) is 0 Å². The summed E-state index contributed by atoms with van der Waals surface area (Å²) in [5.74, 6) is -0.874. The zero-order chi connectivity index (χ0) is 24.6. The van der Waals surface area contributed by atoms with Crippen LogP contribution < -0.4 is 4.74 Å². The molecule has 0 unspecified atom stereocenters. The van der Waals surface area contributed by atoms with Crippen molar-refractivity contribution >= 4 is 23.4 Å². The first kappa shape index (κ1) is 24.5. The molecular weight excluding hydrogens is 490 g/mol. The summed E-state index contributed by atoms with van der Waals surface area (Å²) in [7, 11) is 0. The molecule has 184 valence electrons. The molecule has 7 nitrogen and oxygen atoms in total. The molecule has 2 bridgehead atoms. The highest BCUT2D eigenvalue weighted by Crippen LogP contribution is 2.55. The zero-order valence-electron chi connectivity index (χ0n) is 19.0. The fourth-order valence-corrected chi connectivity index (χ4v) is 5.84. The van der Waals surface area contributed by atoms with Crippen LogP contribution in [0.1, 0.15) is 23.6 Å². The van der Waals surface area contributed by atoms with Gasteiger partial charge in [-0.05, 0) is 60.9 Å². The van der Waals surface area contributed by atoms with Gasteiger partial charge in [-0.1, -0.05) is 47.6 Å². The summed E-state index contributed by atoms with van der Waals surface area (Å²) >= 11 is 7.68. The van der Waals surface area contributed by atoms with E-state index in [1.807, 2.05) is 43.3 Å². The van der Waals surface area contributed by atoms with E-state index in [0.717, 1.165) is 28.6 Å². The highest BCUT2D eigenvalue weighted by Gasteiger charge is 2.67. The highest BCUT2D eigenvalue weighted by atomic mass is 35.5. The Labute approximate surface area is 212 Å². The van der Waals surface area contributed by atoms with Crippen LogP contribution in [0, 0.1) is 0 Å². The minimum atomic E-state index is -1.67. The van der Waals surface area contributed by atoms with E-state index in [1.54, 1.807) is 30.5 Å². The first-order valence-corrected chi connectivity index (χ1v) is 12.6. The molecule has 3 heterocycles. The second-order valence-electron chi connectivity index (χ2n) is 8.58. The van der Waals surface area contributed by atoms with Crippen LogP contribution >= 0.6 is 23.4 Å². The second-order valence-corrected chi connectivity index (χ2v) is 10.3. The number of thioether (sulfide) groups is 1. The number of nitrogens with zero attached hydrogens (tertiary/aromatic N) is 1. The lowest BCUT2D eigenvalue weighted by Gasteiger charge is -2.46. The summed E-state index contributed by atoms with van der Waals surface area (Å²) in [4.78, 5) is 2.95. The molecule has 2 saturated heterocycles. The lowest BCUT2D eigenvalue weighted by atomic mass is 9.88. The van der Waals surface area contributed by atoms with Gasteiger partial charge in [-0.15, -0.1) is 0 Å². The Morgan fingerprint density at radius 2 is 1.89 bits per heavy atom. The third-order valence-electron chi connectivity index (χ3n) is 6.29. The van der Waals surface area contributed by atoms with E-state index in [-0.39, 0.29) is 6.61 Å². The van der Waals surface area contributed by atoms with Crippen LogP contribution in [-0.2, 0) is 21.7 Å². The third-order valence-corrected chi connectivity index (χ3v) is 7.90. The standard InChI is InChI=1S/C26H26ClNO6S/c1-2-32-19-9-6-16(7-10-19)13-17-14-18(8-11-20(17)27)26-24(31)22(29)23(30)25(34-26,15-33-26)35-21-5-3-4-12-28-21/h3-12,14,22-24,29-31H,2,13,15H2,1H3/t22-,23-,24+,25+,26-/m0/s1. The summed E-state index contributed by atoms with van der Waals surface area (Å²) in [6.45, 7) is 2.48. The zero-order valence-corrected chi connectivity index (χ0v) is 20.6. The Bertz CT molecular complexity index is 1180. The molecule has 9 heteroatoms. The van der Waals surface area contributed by atoms with Crippen molar-refractivity contribution in [1.29, 1.82) is 0 Å². The van der Waals surface area contributed by atoms with Crippen LogP contribution in [-0.4, -0.2) is 56.8 Å². The van der Waals surface area contributed by atoms with E-state index in [2.05, 4.69) is 4.98 Å². The maximum atomic E-state index is 11.0. The molecule has 0 aliphatic carbocycles. The van der Waals surface area contributed by atoms with Gasteiger partial charge in [0, 0.05) is 16.8 Å². The number of aromatic nitrogens is 1. The highest BCUT2D eigenvalue weighted by molar-refractivity contribution is 8.00. The van der Waals surface area contributed by atoms with Gasteiger partial charge in [0.25, 0.3) is 0 Å². The van der Waals surface area contributed by atoms with Gasteiger partial charge >= 0.3 is 0 Å². The summed E-state index contributed by atoms with van der Waals surface area (Å²) in [6, 6.07) is 18.4. The number of rotatable bonds is 7. The Morgan fingerprint density at radius 1 is 1.09 bits per heavy atom. The maximum Gasteiger partial charge on any atom is 0.226 e. The van der Waals surface area contributed by atoms with Gasteiger partial charge in [0.2, 0.25) is 5.79 Å². The Kier molecular flexibility index (Phi) is 6.80. The first-order chi connectivity index (χ1) is 16.9. The van der Waals surface area contributed by atoms with E-state index >= 15 is 0 Å². The van der Waals surface area contributed by atoms with Crippen molar-refractivity contribution in [3.8, 4) is 5.75 Å². The molecule has 0 radical (unpaired) electrons. The van der Waals surface area contributed by atoms with Crippen molar-refractivity contribution in [3.63, 3.8) is 0 Å². The van der Waals surface area contributed by atoms with Crippen molar-refractivity contribution in [1.82, 2.24) is 4.98 Å². The van der Waals surface area contributed by atoms with Crippen molar-refractivity contribution in [2.75, 3.05) is 13.2 Å². The van der Waals surface area contributed by atoms with Gasteiger partial charge in [0.05, 0.1) is 18.2 Å². The average Bonchev–Trinajstić information content (AvgIpc) is 3.24. The topological polar surface area (TPSA) is 101 Å². The lowest BCUT2D eigenvalue weighted by molar-refractivity contribution is -0.309. The van der Waals surface area contributed by atoms with Gasteiger partial charge < -0.3 is 29.5 Å². The predicted octanol–water partition coefficient (Wildman–Crippen LogP) is 3.51. The number of pyridine rings is 1. The molecule has 2 fully saturated rings. The quantitative estimate of drug-likeness (QED) is 0.439. The van der Waals surface area contributed by atoms with E-state index in [9.17, 15) is 15.3 Å². The molecular formula is C26H26ClNO6S. The minimum absolute atomic E-state index is 0.0552. The van der Waals surface area contributed by atoms with Gasteiger partial charge in [-0.3, -0.25) is 0 Å². The van der Waals surface area contributed by atoms with Gasteiger partial charge in [-0.25, -0.2) is 4.98 Å². The Morgan fingerprint density at radius 3 is 2.60 bits per heavy atom. The molecule has 5 rings (SSSR count). The summed E-state index contributed by atoms with van der Waals surface area (Å²) < 4.78 is 17.9. The molecule has 3 N–H and O–H groups in total. The summed E-state index contributed by atoms with van der Waals surface area (Å²) in [5, 5.41) is 33.8. The molecule has 0 saturated carbocycles. The van der Waals surface area contributed by atoms with Gasteiger partial charge in [0.15, 0.2) is 4.93 Å². The Balaban J connectivity index is 1.46. The molecule has 3 aromatic rings. The molecule has 35 heavy (non-hydrogen) atoms. The number of hydrogen-bond donors (Lipinski definition) is 3. The number of aliphatic hydroxyl groups is 3. The van der Waals surface area contributed by atoms with Crippen LogP contribution in [0.5, 0.6) is 5.75 Å². The van der Waals surface area contributed by atoms with E-state index < -0.39 is 29.0 Å². The molecule has 0 amide bonds. The average molecular weight is 516 g/mol. The smallest absolute Gasteiger partial charge is 0.226 e. The van der Waals surface area contributed by atoms with Gasteiger partial charge in [0.1, 0.15) is 24.1 Å². The summed E-state index contributed by atoms with van der Waals surface area (Å²) in [6.07, 6.45) is -2.24. The first-order valence-electron chi connectivity index (χ1n) is 11.4. The molecule has 2 aliphatic rings. The maximum absolute atomic E-state index is 11.0. The third kappa shape index (κ3) is 4.44. The molecule has 2 aromatic carbocycles. The summed E-state index contributed by atoms with van der Waals surface area (Å²) in [5.41, 5.74) is 2.33. The molecule has 1 aromatic heterocycles. The predicted molar refractivity (Wildman–Crippen MR) is 131 cm³/mol.